The molecule has 0 saturated carbocycles. The molecule has 0 amide bonds. The molecular formula is C10H15NO2S. The third-order valence-corrected chi connectivity index (χ3v) is 2.34. The van der Waals surface area contributed by atoms with Crippen molar-refractivity contribution in [2.75, 3.05) is 18.6 Å². The number of aliphatic hydroxyl groups excluding tert-OH is 1. The Morgan fingerprint density at radius 1 is 1.50 bits per heavy atom. The number of hydrogen-bond acceptors (Lipinski definition) is 4. The van der Waals surface area contributed by atoms with Crippen molar-refractivity contribution in [3.8, 4) is 5.75 Å². The van der Waals surface area contributed by atoms with Gasteiger partial charge < -0.3 is 9.84 Å². The van der Waals surface area contributed by atoms with Gasteiger partial charge in [0, 0.05) is 11.4 Å². The van der Waals surface area contributed by atoms with E-state index in [1.165, 1.54) is 0 Å². The zero-order valence-corrected chi connectivity index (χ0v) is 9.30. The van der Waals surface area contributed by atoms with Gasteiger partial charge in [0.05, 0.1) is 13.2 Å². The fourth-order valence-electron chi connectivity index (χ4n) is 1.08. The summed E-state index contributed by atoms with van der Waals surface area (Å²) in [5, 5.41) is 9.05. The summed E-state index contributed by atoms with van der Waals surface area (Å²) in [7, 11) is 0. The van der Waals surface area contributed by atoms with E-state index in [1.807, 2.05) is 25.3 Å². The second-order valence-electron chi connectivity index (χ2n) is 2.90. The molecule has 0 bridgehead atoms. The zero-order chi connectivity index (χ0) is 10.4. The number of rotatable bonds is 5. The van der Waals surface area contributed by atoms with Crippen LogP contribution in [0.5, 0.6) is 5.75 Å². The molecule has 78 valence electrons. The number of nitrogens with zero attached hydrogens (tertiary/aromatic N) is 1. The van der Waals surface area contributed by atoms with Crippen molar-refractivity contribution in [2.24, 2.45) is 0 Å². The number of aromatic nitrogens is 1. The molecule has 0 saturated heterocycles. The van der Waals surface area contributed by atoms with Crippen LogP contribution in [0.2, 0.25) is 0 Å². The lowest BCUT2D eigenvalue weighted by Gasteiger charge is -2.09. The van der Waals surface area contributed by atoms with Gasteiger partial charge in [0.1, 0.15) is 11.4 Å². The SMILES string of the molecule is CSCCOc1ccc(C)nc1CO. The quantitative estimate of drug-likeness (QED) is 0.755. The average molecular weight is 213 g/mol. The number of ether oxygens (including phenoxy) is 1. The maximum atomic E-state index is 9.05. The lowest BCUT2D eigenvalue weighted by atomic mass is 10.3. The van der Waals surface area contributed by atoms with Crippen molar-refractivity contribution >= 4 is 11.8 Å². The smallest absolute Gasteiger partial charge is 0.143 e. The van der Waals surface area contributed by atoms with Gasteiger partial charge in [0.25, 0.3) is 0 Å². The maximum Gasteiger partial charge on any atom is 0.143 e. The molecule has 0 atom stereocenters. The van der Waals surface area contributed by atoms with Crippen molar-refractivity contribution in [2.45, 2.75) is 13.5 Å². The highest BCUT2D eigenvalue weighted by Crippen LogP contribution is 2.16. The van der Waals surface area contributed by atoms with Crippen LogP contribution in [0.3, 0.4) is 0 Å². The maximum absolute atomic E-state index is 9.05. The van der Waals surface area contributed by atoms with Gasteiger partial charge in [-0.15, -0.1) is 0 Å². The minimum atomic E-state index is -0.0731. The topological polar surface area (TPSA) is 42.4 Å². The molecule has 1 rings (SSSR count). The minimum Gasteiger partial charge on any atom is -0.491 e. The largest absolute Gasteiger partial charge is 0.491 e. The van der Waals surface area contributed by atoms with Gasteiger partial charge in [-0.05, 0) is 25.3 Å². The number of aryl methyl sites for hydroxylation is 1. The molecule has 0 spiro atoms. The zero-order valence-electron chi connectivity index (χ0n) is 8.49. The van der Waals surface area contributed by atoms with Crippen LogP contribution in [0.1, 0.15) is 11.4 Å². The Bertz CT molecular complexity index is 291. The van der Waals surface area contributed by atoms with E-state index < -0.39 is 0 Å². The molecule has 0 aromatic carbocycles. The Kier molecular flexibility index (Phi) is 4.76. The third kappa shape index (κ3) is 3.20. The summed E-state index contributed by atoms with van der Waals surface area (Å²) in [6.07, 6.45) is 2.03. The molecule has 3 nitrogen and oxygen atoms in total. The lowest BCUT2D eigenvalue weighted by molar-refractivity contribution is 0.261. The first-order chi connectivity index (χ1) is 6.77. The Morgan fingerprint density at radius 3 is 2.93 bits per heavy atom. The first kappa shape index (κ1) is 11.3. The van der Waals surface area contributed by atoms with Crippen LogP contribution in [0.4, 0.5) is 0 Å². The standard InChI is InChI=1S/C10H15NO2S/c1-8-3-4-10(9(7-12)11-8)13-5-6-14-2/h3-4,12H,5-7H2,1-2H3. The second kappa shape index (κ2) is 5.88. The highest BCUT2D eigenvalue weighted by molar-refractivity contribution is 7.98. The predicted molar refractivity (Wildman–Crippen MR) is 58.8 cm³/mol. The number of hydrogen-bond donors (Lipinski definition) is 1. The van der Waals surface area contributed by atoms with E-state index in [0.29, 0.717) is 18.1 Å². The molecular weight excluding hydrogens is 198 g/mol. The van der Waals surface area contributed by atoms with Gasteiger partial charge in [-0.2, -0.15) is 11.8 Å². The van der Waals surface area contributed by atoms with Gasteiger partial charge in [0.15, 0.2) is 0 Å². The average Bonchev–Trinajstić information content (AvgIpc) is 2.20. The molecule has 0 aliphatic heterocycles. The minimum absolute atomic E-state index is 0.0731. The fourth-order valence-corrected chi connectivity index (χ4v) is 1.33. The predicted octanol–water partition coefficient (Wildman–Crippen LogP) is 1.62. The van der Waals surface area contributed by atoms with Crippen LogP contribution < -0.4 is 4.74 Å². The Morgan fingerprint density at radius 2 is 2.29 bits per heavy atom. The summed E-state index contributed by atoms with van der Waals surface area (Å²) in [6, 6.07) is 3.74. The van der Waals surface area contributed by atoms with Crippen LogP contribution in [0.15, 0.2) is 12.1 Å². The summed E-state index contributed by atoms with van der Waals surface area (Å²) >= 11 is 1.73. The Hall–Kier alpha value is -0.740. The summed E-state index contributed by atoms with van der Waals surface area (Å²) in [5.74, 6) is 1.63. The highest BCUT2D eigenvalue weighted by atomic mass is 32.2. The van der Waals surface area contributed by atoms with Gasteiger partial charge in [-0.25, -0.2) is 0 Å². The van der Waals surface area contributed by atoms with Crippen molar-refractivity contribution in [1.29, 1.82) is 0 Å². The lowest BCUT2D eigenvalue weighted by Crippen LogP contribution is -2.04. The fraction of sp³-hybridized carbons (Fsp3) is 0.500. The number of thioether (sulfide) groups is 1. The molecule has 1 aromatic heterocycles. The molecule has 1 heterocycles. The first-order valence-corrected chi connectivity index (χ1v) is 5.86. The number of aliphatic hydroxyl groups is 1. The van der Waals surface area contributed by atoms with Crippen molar-refractivity contribution < 1.29 is 9.84 Å². The van der Waals surface area contributed by atoms with E-state index in [4.69, 9.17) is 9.84 Å². The Labute approximate surface area is 88.5 Å². The molecule has 0 aliphatic rings. The van der Waals surface area contributed by atoms with Crippen molar-refractivity contribution in [3.63, 3.8) is 0 Å². The normalized spacial score (nSPS) is 10.2. The van der Waals surface area contributed by atoms with Crippen LogP contribution in [0.25, 0.3) is 0 Å². The molecule has 0 fully saturated rings. The van der Waals surface area contributed by atoms with Crippen molar-refractivity contribution in [3.05, 3.63) is 23.5 Å². The van der Waals surface area contributed by atoms with E-state index in [0.717, 1.165) is 11.4 Å². The Balaban J connectivity index is 2.65. The van der Waals surface area contributed by atoms with Crippen LogP contribution >= 0.6 is 11.8 Å². The molecule has 0 radical (unpaired) electrons. The van der Waals surface area contributed by atoms with Gasteiger partial charge in [-0.3, -0.25) is 4.98 Å². The molecule has 0 aliphatic carbocycles. The molecule has 14 heavy (non-hydrogen) atoms. The van der Waals surface area contributed by atoms with Crippen LogP contribution in [-0.2, 0) is 6.61 Å². The van der Waals surface area contributed by atoms with E-state index >= 15 is 0 Å². The highest BCUT2D eigenvalue weighted by Gasteiger charge is 2.03. The monoisotopic (exact) mass is 213 g/mol. The van der Waals surface area contributed by atoms with Gasteiger partial charge in [0.2, 0.25) is 0 Å². The van der Waals surface area contributed by atoms with Crippen molar-refractivity contribution in [1.82, 2.24) is 4.98 Å². The summed E-state index contributed by atoms with van der Waals surface area (Å²) in [5.41, 5.74) is 1.51. The molecule has 1 aromatic rings. The molecule has 0 unspecified atom stereocenters. The van der Waals surface area contributed by atoms with E-state index in [9.17, 15) is 0 Å². The summed E-state index contributed by atoms with van der Waals surface area (Å²) in [4.78, 5) is 4.19. The van der Waals surface area contributed by atoms with Gasteiger partial charge in [-0.1, -0.05) is 0 Å². The van der Waals surface area contributed by atoms with Gasteiger partial charge >= 0.3 is 0 Å². The number of pyridine rings is 1. The van der Waals surface area contributed by atoms with E-state index in [-0.39, 0.29) is 6.61 Å². The summed E-state index contributed by atoms with van der Waals surface area (Å²) < 4.78 is 5.48. The first-order valence-electron chi connectivity index (χ1n) is 4.47. The molecule has 4 heteroatoms. The summed E-state index contributed by atoms with van der Waals surface area (Å²) in [6.45, 7) is 2.47. The molecule has 1 N–H and O–H groups in total. The van der Waals surface area contributed by atoms with Crippen LogP contribution in [-0.4, -0.2) is 28.7 Å². The van der Waals surface area contributed by atoms with E-state index in [2.05, 4.69) is 4.98 Å². The van der Waals surface area contributed by atoms with E-state index in [1.54, 1.807) is 11.8 Å². The second-order valence-corrected chi connectivity index (χ2v) is 3.88. The van der Waals surface area contributed by atoms with Crippen LogP contribution in [0, 0.1) is 6.92 Å². The third-order valence-electron chi connectivity index (χ3n) is 1.77.